The van der Waals surface area contributed by atoms with Crippen molar-refractivity contribution in [2.24, 2.45) is 0 Å². The normalized spacial score (nSPS) is 11.2. The molecule has 0 bridgehead atoms. The Balaban J connectivity index is 1.65. The van der Waals surface area contributed by atoms with Crippen molar-refractivity contribution in [2.45, 2.75) is 6.36 Å². The first kappa shape index (κ1) is 16.5. The predicted octanol–water partition coefficient (Wildman–Crippen LogP) is 3.85. The van der Waals surface area contributed by atoms with Crippen molar-refractivity contribution >= 4 is 5.97 Å². The van der Waals surface area contributed by atoms with Crippen LogP contribution >= 0.6 is 0 Å². The summed E-state index contributed by atoms with van der Waals surface area (Å²) in [6.45, 7) is 0. The van der Waals surface area contributed by atoms with Crippen molar-refractivity contribution in [3.8, 4) is 23.0 Å². The maximum atomic E-state index is 12.1. The fourth-order valence-electron chi connectivity index (χ4n) is 1.92. The van der Waals surface area contributed by atoms with Gasteiger partial charge in [0, 0.05) is 5.56 Å². The Kier molecular flexibility index (Phi) is 4.38. The maximum Gasteiger partial charge on any atom is 0.573 e. The molecular weight excluding hydrogens is 341 g/mol. The smallest absolute Gasteiger partial charge is 0.423 e. The third kappa shape index (κ3) is 4.34. The maximum absolute atomic E-state index is 12.1. The second-order valence-electron chi connectivity index (χ2n) is 4.73. The van der Waals surface area contributed by atoms with Gasteiger partial charge in [-0.15, -0.1) is 23.4 Å². The molecule has 2 aromatic carbocycles. The number of rotatable bonds is 4. The molecule has 9 heteroatoms. The van der Waals surface area contributed by atoms with Crippen LogP contribution in [0.4, 0.5) is 13.2 Å². The molecule has 0 aliphatic carbocycles. The highest BCUT2D eigenvalue weighted by molar-refractivity contribution is 5.91. The first-order valence-corrected chi connectivity index (χ1v) is 6.85. The fraction of sp³-hybridized carbons (Fsp3) is 0.0625. The van der Waals surface area contributed by atoms with Crippen LogP contribution in [0.2, 0.25) is 0 Å². The molecule has 0 saturated carbocycles. The minimum Gasteiger partial charge on any atom is -0.423 e. The topological polar surface area (TPSA) is 74.5 Å². The van der Waals surface area contributed by atoms with Crippen molar-refractivity contribution in [1.29, 1.82) is 0 Å². The van der Waals surface area contributed by atoms with E-state index in [2.05, 4.69) is 14.9 Å². The van der Waals surface area contributed by atoms with Crippen molar-refractivity contribution < 1.29 is 31.9 Å². The number of aromatic nitrogens is 2. The summed E-state index contributed by atoms with van der Waals surface area (Å²) in [6.07, 6.45) is -3.60. The third-order valence-electron chi connectivity index (χ3n) is 3.00. The number of carbonyl (C=O) groups excluding carboxylic acids is 1. The van der Waals surface area contributed by atoms with Gasteiger partial charge in [0.1, 0.15) is 11.5 Å². The van der Waals surface area contributed by atoms with Crippen molar-refractivity contribution in [3.63, 3.8) is 0 Å². The molecule has 6 nitrogen and oxygen atoms in total. The molecule has 0 N–H and O–H groups in total. The largest absolute Gasteiger partial charge is 0.573 e. The molecule has 0 fully saturated rings. The lowest BCUT2D eigenvalue weighted by Crippen LogP contribution is -2.17. The lowest BCUT2D eigenvalue weighted by Gasteiger charge is -2.09. The van der Waals surface area contributed by atoms with Crippen LogP contribution in [-0.2, 0) is 0 Å². The summed E-state index contributed by atoms with van der Waals surface area (Å²) in [4.78, 5) is 12.0. The van der Waals surface area contributed by atoms with Crippen LogP contribution < -0.4 is 9.47 Å². The van der Waals surface area contributed by atoms with E-state index in [0.717, 1.165) is 12.1 Å². The molecular formula is C16H9F3N2O4. The van der Waals surface area contributed by atoms with Gasteiger partial charge in [-0.25, -0.2) is 4.79 Å². The predicted molar refractivity (Wildman–Crippen MR) is 77.8 cm³/mol. The van der Waals surface area contributed by atoms with Crippen molar-refractivity contribution in [3.05, 3.63) is 60.5 Å². The van der Waals surface area contributed by atoms with E-state index in [1.54, 1.807) is 12.1 Å². The van der Waals surface area contributed by atoms with Gasteiger partial charge in [0.05, 0.1) is 5.56 Å². The molecule has 0 spiro atoms. The number of hydrogen-bond donors (Lipinski definition) is 0. The molecule has 3 rings (SSSR count). The van der Waals surface area contributed by atoms with Crippen LogP contribution in [0.25, 0.3) is 11.5 Å². The molecule has 0 saturated heterocycles. The molecule has 1 aromatic heterocycles. The van der Waals surface area contributed by atoms with Gasteiger partial charge in [0.15, 0.2) is 0 Å². The summed E-state index contributed by atoms with van der Waals surface area (Å²) in [7, 11) is 0. The van der Waals surface area contributed by atoms with E-state index in [1.807, 2.05) is 0 Å². The quantitative estimate of drug-likeness (QED) is 0.525. The van der Waals surface area contributed by atoms with Crippen LogP contribution in [0, 0.1) is 0 Å². The Hall–Kier alpha value is -3.36. The van der Waals surface area contributed by atoms with E-state index in [0.29, 0.717) is 11.5 Å². The number of halogens is 3. The first-order chi connectivity index (χ1) is 11.9. The van der Waals surface area contributed by atoms with Gasteiger partial charge >= 0.3 is 12.3 Å². The van der Waals surface area contributed by atoms with Crippen molar-refractivity contribution in [1.82, 2.24) is 10.2 Å². The number of carbonyl (C=O) groups is 1. The summed E-state index contributed by atoms with van der Waals surface area (Å²) >= 11 is 0. The fourth-order valence-corrected chi connectivity index (χ4v) is 1.92. The molecule has 0 aliphatic rings. The summed E-state index contributed by atoms with van der Waals surface area (Å²) in [6, 6.07) is 10.7. The summed E-state index contributed by atoms with van der Waals surface area (Å²) in [5.41, 5.74) is 0.724. The highest BCUT2D eigenvalue weighted by atomic mass is 19.4. The zero-order valence-corrected chi connectivity index (χ0v) is 12.4. The van der Waals surface area contributed by atoms with Gasteiger partial charge < -0.3 is 13.9 Å². The van der Waals surface area contributed by atoms with Crippen LogP contribution in [0.3, 0.4) is 0 Å². The number of hydrogen-bond acceptors (Lipinski definition) is 6. The average molecular weight is 350 g/mol. The van der Waals surface area contributed by atoms with E-state index in [-0.39, 0.29) is 11.3 Å². The zero-order chi connectivity index (χ0) is 17.9. The number of esters is 1. The van der Waals surface area contributed by atoms with Gasteiger partial charge in [0.25, 0.3) is 0 Å². The summed E-state index contributed by atoms with van der Waals surface area (Å²) in [5, 5.41) is 7.30. The molecule has 1 heterocycles. The van der Waals surface area contributed by atoms with E-state index in [9.17, 15) is 18.0 Å². The lowest BCUT2D eigenvalue weighted by molar-refractivity contribution is -0.274. The van der Waals surface area contributed by atoms with Gasteiger partial charge in [-0.3, -0.25) is 0 Å². The molecule has 0 atom stereocenters. The van der Waals surface area contributed by atoms with Gasteiger partial charge in [0.2, 0.25) is 12.3 Å². The average Bonchev–Trinajstić information content (AvgIpc) is 3.09. The molecule has 3 aromatic rings. The van der Waals surface area contributed by atoms with Crippen molar-refractivity contribution in [2.75, 3.05) is 0 Å². The third-order valence-corrected chi connectivity index (χ3v) is 3.00. The highest BCUT2D eigenvalue weighted by Gasteiger charge is 2.31. The molecule has 25 heavy (non-hydrogen) atoms. The summed E-state index contributed by atoms with van der Waals surface area (Å²) in [5.74, 6) is -0.570. The second kappa shape index (κ2) is 6.63. The Bertz CT molecular complexity index is 845. The van der Waals surface area contributed by atoms with Gasteiger partial charge in [-0.05, 0) is 48.5 Å². The molecule has 128 valence electrons. The van der Waals surface area contributed by atoms with E-state index >= 15 is 0 Å². The monoisotopic (exact) mass is 350 g/mol. The Morgan fingerprint density at radius 2 is 1.60 bits per heavy atom. The standard InChI is InChI=1S/C16H9F3N2O4/c17-16(18,19)25-13-7-3-11(4-8-13)15(22)24-12-5-1-10(2-6-12)14-21-20-9-23-14/h1-9H. The SMILES string of the molecule is O=C(Oc1ccc(-c2nnco2)cc1)c1ccc(OC(F)(F)F)cc1. The minimum atomic E-state index is -4.79. The second-order valence-corrected chi connectivity index (χ2v) is 4.73. The van der Waals surface area contributed by atoms with Crippen LogP contribution in [0.5, 0.6) is 11.5 Å². The molecule has 0 aliphatic heterocycles. The number of nitrogens with zero attached hydrogens (tertiary/aromatic N) is 2. The number of ether oxygens (including phenoxy) is 2. The number of alkyl halides is 3. The van der Waals surface area contributed by atoms with E-state index in [4.69, 9.17) is 9.15 Å². The van der Waals surface area contributed by atoms with E-state index in [1.165, 1.54) is 30.7 Å². The van der Waals surface area contributed by atoms with Gasteiger partial charge in [-0.2, -0.15) is 0 Å². The van der Waals surface area contributed by atoms with E-state index < -0.39 is 18.1 Å². The summed E-state index contributed by atoms with van der Waals surface area (Å²) < 4.78 is 50.2. The molecule has 0 radical (unpaired) electrons. The van der Waals surface area contributed by atoms with Crippen LogP contribution in [0.1, 0.15) is 10.4 Å². The van der Waals surface area contributed by atoms with Crippen LogP contribution in [0.15, 0.2) is 59.3 Å². The Labute approximate surface area is 138 Å². The first-order valence-electron chi connectivity index (χ1n) is 6.85. The minimum absolute atomic E-state index is 0.0792. The molecule has 0 unspecified atom stereocenters. The highest BCUT2D eigenvalue weighted by Crippen LogP contribution is 2.24. The van der Waals surface area contributed by atoms with Gasteiger partial charge in [-0.1, -0.05) is 0 Å². The Morgan fingerprint density at radius 3 is 2.16 bits per heavy atom. The molecule has 0 amide bonds. The number of benzene rings is 2. The lowest BCUT2D eigenvalue weighted by atomic mass is 10.2. The zero-order valence-electron chi connectivity index (χ0n) is 12.4. The Morgan fingerprint density at radius 1 is 0.960 bits per heavy atom. The van der Waals surface area contributed by atoms with Crippen LogP contribution in [-0.4, -0.2) is 22.5 Å².